The summed E-state index contributed by atoms with van der Waals surface area (Å²) in [6, 6.07) is 12.3. The molecule has 0 amide bonds. The number of ketones is 1. The van der Waals surface area contributed by atoms with Crippen LogP contribution >= 0.6 is 0 Å². The Balaban J connectivity index is 2.40. The van der Waals surface area contributed by atoms with Crippen LogP contribution in [0.15, 0.2) is 54.7 Å². The molecule has 9 nitrogen and oxygen atoms in total. The minimum absolute atomic E-state index is 0.112. The van der Waals surface area contributed by atoms with E-state index in [-0.39, 0.29) is 28.1 Å². The highest BCUT2D eigenvalue weighted by Gasteiger charge is 2.27. The molecule has 0 fully saturated rings. The van der Waals surface area contributed by atoms with Gasteiger partial charge in [-0.15, -0.1) is 0 Å². The molecule has 0 spiro atoms. The van der Waals surface area contributed by atoms with Gasteiger partial charge < -0.3 is 20.1 Å². The zero-order chi connectivity index (χ0) is 23.6. The minimum Gasteiger partial charge on any atom is -0.481 e. The highest BCUT2D eigenvalue weighted by molar-refractivity contribution is 7.92. The quantitative estimate of drug-likeness (QED) is 0.331. The van der Waals surface area contributed by atoms with Crippen molar-refractivity contribution in [3.8, 4) is 5.75 Å². The number of Topliss-reactive ketones (excluding diaryl/α,β-unsaturated/α-hetero) is 1. The summed E-state index contributed by atoms with van der Waals surface area (Å²) in [4.78, 5) is 24.1. The lowest BCUT2D eigenvalue weighted by atomic mass is 10.0. The number of aliphatic carboxylic acids is 1. The molecule has 0 atom stereocenters. The highest BCUT2D eigenvalue weighted by atomic mass is 32.2. The van der Waals surface area contributed by atoms with Gasteiger partial charge in [-0.1, -0.05) is 36.9 Å². The number of nitrogens with one attached hydrogen (secondary N) is 1. The minimum atomic E-state index is -3.66. The van der Waals surface area contributed by atoms with Gasteiger partial charge >= 0.3 is 5.97 Å². The molecule has 0 saturated heterocycles. The first kappa shape index (κ1) is 22.9. The number of aromatic nitrogens is 1. The van der Waals surface area contributed by atoms with Crippen molar-refractivity contribution in [2.75, 3.05) is 17.6 Å². The van der Waals surface area contributed by atoms with Crippen LogP contribution in [0.3, 0.4) is 0 Å². The van der Waals surface area contributed by atoms with Crippen LogP contribution in [0, 0.1) is 6.92 Å². The maximum atomic E-state index is 13.0. The molecule has 0 aliphatic rings. The third kappa shape index (κ3) is 4.75. The standard InChI is InChI=1S/C22H23N3O6S/c1-13(23)22(28)19-14(2)25(11-15-7-5-4-6-8-15)21-16(24-32(3,29)30)9-10-17(20(19)21)31-12-18(26)27/h4-10,24H,1,11-12,23H2,2-3H3,(H,26,27). The van der Waals surface area contributed by atoms with E-state index in [9.17, 15) is 18.0 Å². The van der Waals surface area contributed by atoms with Crippen molar-refractivity contribution in [3.05, 3.63) is 71.6 Å². The van der Waals surface area contributed by atoms with Gasteiger partial charge in [-0.2, -0.15) is 0 Å². The van der Waals surface area contributed by atoms with Gasteiger partial charge in [0.15, 0.2) is 6.61 Å². The second kappa shape index (κ2) is 8.75. The third-order valence-electron chi connectivity index (χ3n) is 4.78. The summed E-state index contributed by atoms with van der Waals surface area (Å²) in [7, 11) is -3.66. The first-order valence-electron chi connectivity index (χ1n) is 9.50. The number of sulfonamides is 1. The molecule has 0 aliphatic heterocycles. The van der Waals surface area contributed by atoms with Crippen molar-refractivity contribution >= 4 is 38.4 Å². The van der Waals surface area contributed by atoms with E-state index in [0.29, 0.717) is 17.8 Å². The van der Waals surface area contributed by atoms with Gasteiger partial charge in [0.25, 0.3) is 0 Å². The van der Waals surface area contributed by atoms with Gasteiger partial charge in [0.1, 0.15) is 5.75 Å². The molecule has 1 aromatic heterocycles. The van der Waals surface area contributed by atoms with Gasteiger partial charge in [-0.25, -0.2) is 13.2 Å². The summed E-state index contributed by atoms with van der Waals surface area (Å²) in [5.41, 5.74) is 7.64. The monoisotopic (exact) mass is 457 g/mol. The molecule has 2 aromatic carbocycles. The highest BCUT2D eigenvalue weighted by Crippen LogP contribution is 2.39. The van der Waals surface area contributed by atoms with Crippen molar-refractivity contribution in [1.82, 2.24) is 4.57 Å². The normalized spacial score (nSPS) is 11.3. The number of carbonyl (C=O) groups excluding carboxylic acids is 1. The van der Waals surface area contributed by atoms with Crippen LogP contribution in [-0.4, -0.2) is 42.7 Å². The maximum absolute atomic E-state index is 13.0. The lowest BCUT2D eigenvalue weighted by Gasteiger charge is -2.14. The van der Waals surface area contributed by atoms with E-state index in [4.69, 9.17) is 15.6 Å². The van der Waals surface area contributed by atoms with Crippen molar-refractivity contribution in [2.24, 2.45) is 5.73 Å². The van der Waals surface area contributed by atoms with Crippen LogP contribution in [-0.2, 0) is 21.4 Å². The Bertz CT molecular complexity index is 1330. The number of nitrogens with zero attached hydrogens (tertiary/aromatic N) is 1. The molecule has 3 rings (SSSR count). The van der Waals surface area contributed by atoms with Crippen LogP contribution in [0.1, 0.15) is 21.6 Å². The SMILES string of the molecule is C=C(N)C(=O)c1c(C)n(Cc2ccccc2)c2c(NS(C)(=O)=O)ccc(OCC(=O)O)c12. The Morgan fingerprint density at radius 3 is 2.41 bits per heavy atom. The molecule has 0 unspecified atom stereocenters. The lowest BCUT2D eigenvalue weighted by Crippen LogP contribution is -2.13. The predicted molar refractivity (Wildman–Crippen MR) is 121 cm³/mol. The van der Waals surface area contributed by atoms with Crippen LogP contribution in [0.25, 0.3) is 10.9 Å². The average molecular weight is 458 g/mol. The van der Waals surface area contributed by atoms with Gasteiger partial charge in [-0.3, -0.25) is 9.52 Å². The summed E-state index contributed by atoms with van der Waals surface area (Å²) in [5, 5.41) is 9.31. The fraction of sp³-hybridized carbons (Fsp3) is 0.182. The second-order valence-electron chi connectivity index (χ2n) is 7.28. The van der Waals surface area contributed by atoms with Crippen molar-refractivity contribution < 1.29 is 27.9 Å². The summed E-state index contributed by atoms with van der Waals surface area (Å²) in [6.07, 6.45) is 1.01. The number of hydrogen-bond acceptors (Lipinski definition) is 6. The molecule has 0 aliphatic carbocycles. The maximum Gasteiger partial charge on any atom is 0.341 e. The third-order valence-corrected chi connectivity index (χ3v) is 5.37. The number of benzene rings is 2. The first-order valence-corrected chi connectivity index (χ1v) is 11.4. The fourth-order valence-electron chi connectivity index (χ4n) is 3.52. The molecule has 32 heavy (non-hydrogen) atoms. The van der Waals surface area contributed by atoms with E-state index in [1.54, 1.807) is 11.5 Å². The van der Waals surface area contributed by atoms with Gasteiger partial charge in [0.2, 0.25) is 15.8 Å². The Labute approximate surface area is 185 Å². The lowest BCUT2D eigenvalue weighted by molar-refractivity contribution is -0.139. The molecule has 4 N–H and O–H groups in total. The van der Waals surface area contributed by atoms with E-state index in [2.05, 4.69) is 11.3 Å². The summed E-state index contributed by atoms with van der Waals surface area (Å²) in [6.45, 7) is 4.90. The van der Waals surface area contributed by atoms with Crippen molar-refractivity contribution in [1.29, 1.82) is 0 Å². The topological polar surface area (TPSA) is 141 Å². The molecule has 168 valence electrons. The Morgan fingerprint density at radius 1 is 1.19 bits per heavy atom. The molecule has 0 saturated carbocycles. The summed E-state index contributed by atoms with van der Waals surface area (Å²) in [5.74, 6) is -1.65. The van der Waals surface area contributed by atoms with E-state index >= 15 is 0 Å². The molecular weight excluding hydrogens is 434 g/mol. The molecule has 0 bridgehead atoms. The zero-order valence-electron chi connectivity index (χ0n) is 17.6. The summed E-state index contributed by atoms with van der Waals surface area (Å²) >= 11 is 0. The number of fused-ring (bicyclic) bond motifs is 1. The fourth-order valence-corrected chi connectivity index (χ4v) is 4.09. The molecule has 0 radical (unpaired) electrons. The zero-order valence-corrected chi connectivity index (χ0v) is 18.4. The number of ether oxygens (including phenoxy) is 1. The van der Waals surface area contributed by atoms with Crippen LogP contribution < -0.4 is 15.2 Å². The number of allylic oxidation sites excluding steroid dienone is 1. The van der Waals surface area contributed by atoms with E-state index in [1.807, 2.05) is 30.3 Å². The van der Waals surface area contributed by atoms with Crippen LogP contribution in [0.5, 0.6) is 5.75 Å². The van der Waals surface area contributed by atoms with E-state index in [0.717, 1.165) is 11.8 Å². The van der Waals surface area contributed by atoms with Gasteiger partial charge in [0, 0.05) is 12.2 Å². The largest absolute Gasteiger partial charge is 0.481 e. The van der Waals surface area contributed by atoms with Crippen molar-refractivity contribution in [2.45, 2.75) is 13.5 Å². The number of carboxylic acids is 1. The molecule has 1 heterocycles. The predicted octanol–water partition coefficient (Wildman–Crippen LogP) is 2.49. The first-order chi connectivity index (χ1) is 15.0. The summed E-state index contributed by atoms with van der Waals surface area (Å²) < 4.78 is 33.7. The van der Waals surface area contributed by atoms with E-state index < -0.39 is 28.4 Å². The van der Waals surface area contributed by atoms with Crippen LogP contribution in [0.4, 0.5) is 5.69 Å². The average Bonchev–Trinajstić information content (AvgIpc) is 2.99. The Hall–Kier alpha value is -3.79. The number of nitrogens with two attached hydrogens (primary N) is 1. The number of anilines is 1. The Morgan fingerprint density at radius 2 is 1.84 bits per heavy atom. The number of rotatable bonds is 9. The van der Waals surface area contributed by atoms with Gasteiger partial charge in [-0.05, 0) is 24.6 Å². The second-order valence-corrected chi connectivity index (χ2v) is 9.03. The smallest absolute Gasteiger partial charge is 0.341 e. The Kier molecular flexibility index (Phi) is 6.26. The van der Waals surface area contributed by atoms with Crippen molar-refractivity contribution in [3.63, 3.8) is 0 Å². The number of hydrogen-bond donors (Lipinski definition) is 3. The van der Waals surface area contributed by atoms with E-state index in [1.165, 1.54) is 12.1 Å². The number of carbonyl (C=O) groups is 2. The molecule has 10 heteroatoms. The molecular formula is C22H23N3O6S. The molecule has 3 aromatic rings. The number of carboxylic acid groups (broad SMARTS) is 1. The van der Waals surface area contributed by atoms with Crippen LogP contribution in [0.2, 0.25) is 0 Å². The van der Waals surface area contributed by atoms with Gasteiger partial charge in [0.05, 0.1) is 34.1 Å².